The highest BCUT2D eigenvalue weighted by molar-refractivity contribution is 5.82. The third kappa shape index (κ3) is 8.18. The topological polar surface area (TPSA) is 38.7 Å². The summed E-state index contributed by atoms with van der Waals surface area (Å²) in [4.78, 5) is 15.5. The van der Waals surface area contributed by atoms with Gasteiger partial charge in [-0.25, -0.2) is 15.0 Å². The van der Waals surface area contributed by atoms with Crippen LogP contribution in [-0.2, 0) is 0 Å². The van der Waals surface area contributed by atoms with Crippen molar-refractivity contribution in [2.75, 3.05) is 0 Å². The molecule has 10 aromatic rings. The van der Waals surface area contributed by atoms with Crippen molar-refractivity contribution < 1.29 is 0 Å². The Kier molecular flexibility index (Phi) is 10.2. The zero-order valence-corrected chi connectivity index (χ0v) is 33.8. The van der Waals surface area contributed by atoms with Gasteiger partial charge < -0.3 is 0 Å². The summed E-state index contributed by atoms with van der Waals surface area (Å²) >= 11 is 0. The molecule has 0 unspecified atom stereocenters. The molecule has 3 heteroatoms. The average molecular weight is 780 g/mol. The lowest BCUT2D eigenvalue weighted by Gasteiger charge is -2.13. The van der Waals surface area contributed by atoms with Crippen LogP contribution in [0.25, 0.3) is 101 Å². The zero-order valence-electron chi connectivity index (χ0n) is 33.8. The molecule has 0 aliphatic carbocycles. The average Bonchev–Trinajstić information content (AvgIpc) is 3.35. The Balaban J connectivity index is 1.06. The predicted molar refractivity (Wildman–Crippen MR) is 253 cm³/mol. The summed E-state index contributed by atoms with van der Waals surface area (Å²) in [7, 11) is 0. The maximum atomic E-state index is 5.21. The van der Waals surface area contributed by atoms with E-state index in [2.05, 4.69) is 225 Å². The first-order valence-corrected chi connectivity index (χ1v) is 20.7. The molecule has 1 aromatic heterocycles. The highest BCUT2D eigenvalue weighted by Gasteiger charge is 2.16. The van der Waals surface area contributed by atoms with Gasteiger partial charge in [0, 0.05) is 16.7 Å². The molecule has 3 nitrogen and oxygen atoms in total. The molecule has 0 amide bonds. The second-order valence-corrected chi connectivity index (χ2v) is 15.4. The highest BCUT2D eigenvalue weighted by Crippen LogP contribution is 2.35. The van der Waals surface area contributed by atoms with E-state index in [4.69, 9.17) is 15.0 Å². The lowest BCUT2D eigenvalue weighted by molar-refractivity contribution is 1.07. The van der Waals surface area contributed by atoms with E-state index in [1.54, 1.807) is 0 Å². The molecule has 0 radical (unpaired) electrons. The maximum absolute atomic E-state index is 5.21. The lowest BCUT2D eigenvalue weighted by atomic mass is 9.94. The Morgan fingerprint density at radius 1 is 0.197 bits per heavy atom. The maximum Gasteiger partial charge on any atom is 0.164 e. The van der Waals surface area contributed by atoms with Crippen molar-refractivity contribution in [1.82, 2.24) is 15.0 Å². The minimum atomic E-state index is 0.615. The van der Waals surface area contributed by atoms with Gasteiger partial charge in [-0.1, -0.05) is 218 Å². The van der Waals surface area contributed by atoms with E-state index < -0.39 is 0 Å². The standard InChI is InChI=1S/C58H41N3/c1-40-17-19-49(20-18-40)53-37-54(50-27-25-48(26-28-50)47-23-21-44(22-24-47)41-11-5-2-6-12-41)39-55(38-53)58-60-56(51-33-29-45(30-34-51)42-13-7-3-8-14-42)59-57(61-58)52-35-31-46(32-36-52)43-15-9-4-10-16-43/h2-39H,1H3. The Labute approximate surface area is 357 Å². The van der Waals surface area contributed by atoms with Gasteiger partial charge in [0.15, 0.2) is 17.5 Å². The molecule has 9 aromatic carbocycles. The van der Waals surface area contributed by atoms with E-state index >= 15 is 0 Å². The molecule has 0 saturated heterocycles. The van der Waals surface area contributed by atoms with Crippen LogP contribution >= 0.6 is 0 Å². The van der Waals surface area contributed by atoms with Crippen molar-refractivity contribution in [3.05, 3.63) is 236 Å². The van der Waals surface area contributed by atoms with Crippen LogP contribution in [0.3, 0.4) is 0 Å². The van der Waals surface area contributed by atoms with Crippen LogP contribution in [0.2, 0.25) is 0 Å². The summed E-state index contributed by atoms with van der Waals surface area (Å²) in [5.41, 5.74) is 17.8. The fourth-order valence-corrected chi connectivity index (χ4v) is 7.82. The van der Waals surface area contributed by atoms with Crippen LogP contribution in [0.5, 0.6) is 0 Å². The minimum absolute atomic E-state index is 0.615. The molecule has 0 aliphatic heterocycles. The van der Waals surface area contributed by atoms with Crippen molar-refractivity contribution in [1.29, 1.82) is 0 Å². The second-order valence-electron chi connectivity index (χ2n) is 15.4. The van der Waals surface area contributed by atoms with Gasteiger partial charge >= 0.3 is 0 Å². The van der Waals surface area contributed by atoms with Crippen LogP contribution in [0.4, 0.5) is 0 Å². The van der Waals surface area contributed by atoms with Gasteiger partial charge in [-0.15, -0.1) is 0 Å². The summed E-state index contributed by atoms with van der Waals surface area (Å²) in [5, 5.41) is 0. The summed E-state index contributed by atoms with van der Waals surface area (Å²) in [5.74, 6) is 1.86. The zero-order chi connectivity index (χ0) is 41.0. The first kappa shape index (κ1) is 37.3. The molecule has 10 rings (SSSR count). The van der Waals surface area contributed by atoms with E-state index in [9.17, 15) is 0 Å². The summed E-state index contributed by atoms with van der Waals surface area (Å²) in [6.07, 6.45) is 0. The van der Waals surface area contributed by atoms with E-state index in [0.29, 0.717) is 17.5 Å². The molecular formula is C58H41N3. The van der Waals surface area contributed by atoms with Crippen molar-refractivity contribution in [3.63, 3.8) is 0 Å². The summed E-state index contributed by atoms with van der Waals surface area (Å²) < 4.78 is 0. The SMILES string of the molecule is Cc1ccc(-c2cc(-c3ccc(-c4ccc(-c5ccccc5)cc4)cc3)cc(-c3nc(-c4ccc(-c5ccccc5)cc4)nc(-c4ccc(-c5ccccc5)cc4)n3)c2)cc1. The normalized spacial score (nSPS) is 11.0. The third-order valence-electron chi connectivity index (χ3n) is 11.3. The van der Waals surface area contributed by atoms with E-state index in [0.717, 1.165) is 50.1 Å². The van der Waals surface area contributed by atoms with Crippen molar-refractivity contribution in [2.24, 2.45) is 0 Å². The number of hydrogen-bond donors (Lipinski definition) is 0. The number of rotatable bonds is 9. The first-order chi connectivity index (χ1) is 30.1. The predicted octanol–water partition coefficient (Wildman–Crippen LogP) is 15.2. The fraction of sp³-hybridized carbons (Fsp3) is 0.0172. The van der Waals surface area contributed by atoms with Gasteiger partial charge in [0.1, 0.15) is 0 Å². The van der Waals surface area contributed by atoms with Gasteiger partial charge in [-0.2, -0.15) is 0 Å². The van der Waals surface area contributed by atoms with Crippen molar-refractivity contribution in [2.45, 2.75) is 6.92 Å². The van der Waals surface area contributed by atoms with Crippen molar-refractivity contribution >= 4 is 0 Å². The molecule has 0 spiro atoms. The monoisotopic (exact) mass is 779 g/mol. The molecule has 1 heterocycles. The van der Waals surface area contributed by atoms with Crippen molar-refractivity contribution in [3.8, 4) is 101 Å². The summed E-state index contributed by atoms with van der Waals surface area (Å²) in [6.45, 7) is 2.12. The molecule has 61 heavy (non-hydrogen) atoms. The number of aryl methyl sites for hydroxylation is 1. The molecule has 0 saturated carbocycles. The van der Waals surface area contributed by atoms with Gasteiger partial charge in [0.25, 0.3) is 0 Å². The molecule has 0 fully saturated rings. The van der Waals surface area contributed by atoms with E-state index in [-0.39, 0.29) is 0 Å². The van der Waals surface area contributed by atoms with Crippen LogP contribution in [0.1, 0.15) is 5.56 Å². The van der Waals surface area contributed by atoms with E-state index in [1.165, 1.54) is 38.9 Å². The molecule has 288 valence electrons. The van der Waals surface area contributed by atoms with E-state index in [1.807, 2.05) is 12.1 Å². The first-order valence-electron chi connectivity index (χ1n) is 20.7. The fourth-order valence-electron chi connectivity index (χ4n) is 7.82. The van der Waals surface area contributed by atoms with Gasteiger partial charge in [0.2, 0.25) is 0 Å². The Bertz CT molecular complexity index is 2950. The van der Waals surface area contributed by atoms with Crippen LogP contribution in [0, 0.1) is 6.92 Å². The second kappa shape index (κ2) is 16.7. The molecule has 0 N–H and O–H groups in total. The largest absolute Gasteiger partial charge is 0.208 e. The Hall–Kier alpha value is -8.01. The molecular weight excluding hydrogens is 739 g/mol. The van der Waals surface area contributed by atoms with Gasteiger partial charge in [0.05, 0.1) is 0 Å². The molecule has 0 aliphatic rings. The smallest absolute Gasteiger partial charge is 0.164 e. The molecule has 0 bridgehead atoms. The van der Waals surface area contributed by atoms with Crippen LogP contribution in [-0.4, -0.2) is 15.0 Å². The van der Waals surface area contributed by atoms with Crippen LogP contribution < -0.4 is 0 Å². The number of benzene rings is 9. The summed E-state index contributed by atoms with van der Waals surface area (Å²) in [6, 6.07) is 81.4. The Morgan fingerprint density at radius 3 is 0.721 bits per heavy atom. The van der Waals surface area contributed by atoms with Crippen LogP contribution in [0.15, 0.2) is 231 Å². The van der Waals surface area contributed by atoms with Gasteiger partial charge in [-0.3, -0.25) is 0 Å². The van der Waals surface area contributed by atoms with Gasteiger partial charge in [-0.05, 0) is 91.9 Å². The lowest BCUT2D eigenvalue weighted by Crippen LogP contribution is -2.00. The third-order valence-corrected chi connectivity index (χ3v) is 11.3. The number of hydrogen-bond acceptors (Lipinski definition) is 3. The minimum Gasteiger partial charge on any atom is -0.208 e. The highest BCUT2D eigenvalue weighted by atomic mass is 15.0. The Morgan fingerprint density at radius 2 is 0.410 bits per heavy atom. The number of aromatic nitrogens is 3. The quantitative estimate of drug-likeness (QED) is 0.146. The molecule has 0 atom stereocenters. The number of nitrogens with zero attached hydrogens (tertiary/aromatic N) is 3.